The van der Waals surface area contributed by atoms with Crippen LogP contribution in [-0.2, 0) is 10.7 Å². The van der Waals surface area contributed by atoms with E-state index in [0.29, 0.717) is 0 Å². The molecule has 0 saturated carbocycles. The molecule has 0 aliphatic rings. The van der Waals surface area contributed by atoms with Gasteiger partial charge < -0.3 is 4.74 Å². The van der Waals surface area contributed by atoms with Crippen LogP contribution in [0.4, 0.5) is 0 Å². The van der Waals surface area contributed by atoms with Gasteiger partial charge in [-0.05, 0) is 11.6 Å². The van der Waals surface area contributed by atoms with E-state index in [0.717, 1.165) is 16.4 Å². The molecular formula is C9H10Br2O. The lowest BCUT2D eigenvalue weighted by Crippen LogP contribution is -1.93. The predicted octanol–water partition coefficient (Wildman–Crippen LogP) is 3.49. The molecular weight excluding hydrogens is 284 g/mol. The minimum atomic E-state index is 0.831. The third-order valence-electron chi connectivity index (χ3n) is 1.73. The SMILES string of the molecule is COc1cccc(CBr)c1CBr. The Kier molecular flexibility index (Phi) is 4.09. The number of hydrogen-bond donors (Lipinski definition) is 0. The number of benzene rings is 1. The Bertz CT molecular complexity index is 238. The van der Waals surface area contributed by atoms with Crippen LogP contribution in [0.3, 0.4) is 0 Å². The third-order valence-corrected chi connectivity index (χ3v) is 2.89. The van der Waals surface area contributed by atoms with Crippen molar-refractivity contribution < 1.29 is 4.74 Å². The van der Waals surface area contributed by atoms with Gasteiger partial charge in [0.1, 0.15) is 5.75 Å². The fourth-order valence-electron chi connectivity index (χ4n) is 1.08. The van der Waals surface area contributed by atoms with Gasteiger partial charge in [-0.3, -0.25) is 0 Å². The average molecular weight is 294 g/mol. The summed E-state index contributed by atoms with van der Waals surface area (Å²) in [5.74, 6) is 0.948. The van der Waals surface area contributed by atoms with Crippen LogP contribution in [0.1, 0.15) is 11.1 Å². The van der Waals surface area contributed by atoms with E-state index in [1.165, 1.54) is 11.1 Å². The summed E-state index contributed by atoms with van der Waals surface area (Å²) in [6.07, 6.45) is 0. The van der Waals surface area contributed by atoms with Crippen molar-refractivity contribution in [3.05, 3.63) is 29.3 Å². The van der Waals surface area contributed by atoms with Crippen LogP contribution >= 0.6 is 31.9 Å². The molecule has 0 unspecified atom stereocenters. The Labute approximate surface area is 89.4 Å². The molecule has 0 aliphatic carbocycles. The minimum absolute atomic E-state index is 0.831. The van der Waals surface area contributed by atoms with Crippen molar-refractivity contribution in [2.75, 3.05) is 7.11 Å². The second kappa shape index (κ2) is 4.87. The maximum atomic E-state index is 5.23. The summed E-state index contributed by atoms with van der Waals surface area (Å²) in [7, 11) is 1.69. The molecule has 0 amide bonds. The lowest BCUT2D eigenvalue weighted by Gasteiger charge is -2.09. The van der Waals surface area contributed by atoms with E-state index in [2.05, 4.69) is 37.9 Å². The van der Waals surface area contributed by atoms with Crippen molar-refractivity contribution in [1.82, 2.24) is 0 Å². The molecule has 66 valence electrons. The molecule has 0 atom stereocenters. The van der Waals surface area contributed by atoms with Crippen LogP contribution in [-0.4, -0.2) is 7.11 Å². The smallest absolute Gasteiger partial charge is 0.123 e. The number of methoxy groups -OCH3 is 1. The lowest BCUT2D eigenvalue weighted by atomic mass is 10.1. The lowest BCUT2D eigenvalue weighted by molar-refractivity contribution is 0.411. The molecule has 0 spiro atoms. The highest BCUT2D eigenvalue weighted by atomic mass is 79.9. The van der Waals surface area contributed by atoms with Crippen molar-refractivity contribution in [2.45, 2.75) is 10.7 Å². The summed E-state index contributed by atoms with van der Waals surface area (Å²) >= 11 is 6.88. The van der Waals surface area contributed by atoms with Crippen molar-refractivity contribution in [3.63, 3.8) is 0 Å². The Hall–Kier alpha value is -0.0200. The predicted molar refractivity (Wildman–Crippen MR) is 58.3 cm³/mol. The normalized spacial score (nSPS) is 9.92. The minimum Gasteiger partial charge on any atom is -0.496 e. The summed E-state index contributed by atoms with van der Waals surface area (Å²) in [4.78, 5) is 0. The van der Waals surface area contributed by atoms with Gasteiger partial charge in [0, 0.05) is 16.2 Å². The fourth-order valence-corrected chi connectivity index (χ4v) is 2.24. The van der Waals surface area contributed by atoms with Gasteiger partial charge in [0.2, 0.25) is 0 Å². The van der Waals surface area contributed by atoms with E-state index < -0.39 is 0 Å². The maximum absolute atomic E-state index is 5.23. The van der Waals surface area contributed by atoms with Crippen LogP contribution in [0, 0.1) is 0 Å². The number of halogens is 2. The first kappa shape index (κ1) is 10.1. The van der Waals surface area contributed by atoms with E-state index in [-0.39, 0.29) is 0 Å². The molecule has 3 heteroatoms. The molecule has 1 aromatic carbocycles. The van der Waals surface area contributed by atoms with Crippen molar-refractivity contribution >= 4 is 31.9 Å². The van der Waals surface area contributed by atoms with Gasteiger partial charge in [-0.25, -0.2) is 0 Å². The van der Waals surface area contributed by atoms with E-state index in [4.69, 9.17) is 4.74 Å². The molecule has 0 aliphatic heterocycles. The summed E-state index contributed by atoms with van der Waals surface area (Å²) in [6, 6.07) is 6.07. The monoisotopic (exact) mass is 292 g/mol. The van der Waals surface area contributed by atoms with Gasteiger partial charge in [0.05, 0.1) is 7.11 Å². The maximum Gasteiger partial charge on any atom is 0.123 e. The highest BCUT2D eigenvalue weighted by Gasteiger charge is 2.05. The van der Waals surface area contributed by atoms with Crippen molar-refractivity contribution in [2.24, 2.45) is 0 Å². The zero-order valence-electron chi connectivity index (χ0n) is 6.81. The molecule has 0 N–H and O–H groups in total. The van der Waals surface area contributed by atoms with Crippen LogP contribution in [0.2, 0.25) is 0 Å². The Morgan fingerprint density at radius 3 is 2.50 bits per heavy atom. The second-order valence-corrected chi connectivity index (χ2v) is 3.49. The van der Waals surface area contributed by atoms with Gasteiger partial charge in [0.25, 0.3) is 0 Å². The van der Waals surface area contributed by atoms with Crippen molar-refractivity contribution in [3.8, 4) is 5.75 Å². The molecule has 0 heterocycles. The molecule has 12 heavy (non-hydrogen) atoms. The highest BCUT2D eigenvalue weighted by molar-refractivity contribution is 9.09. The number of ether oxygens (including phenoxy) is 1. The zero-order valence-corrected chi connectivity index (χ0v) is 9.98. The Morgan fingerprint density at radius 1 is 1.25 bits per heavy atom. The van der Waals surface area contributed by atoms with Crippen LogP contribution in [0.15, 0.2) is 18.2 Å². The molecule has 1 aromatic rings. The second-order valence-electron chi connectivity index (χ2n) is 2.37. The summed E-state index contributed by atoms with van der Waals surface area (Å²) in [6.45, 7) is 0. The quantitative estimate of drug-likeness (QED) is 0.775. The zero-order chi connectivity index (χ0) is 8.97. The van der Waals surface area contributed by atoms with E-state index in [1.807, 2.05) is 12.1 Å². The number of alkyl halides is 2. The van der Waals surface area contributed by atoms with Gasteiger partial charge in [0.15, 0.2) is 0 Å². The van der Waals surface area contributed by atoms with E-state index >= 15 is 0 Å². The molecule has 1 rings (SSSR count). The van der Waals surface area contributed by atoms with E-state index in [9.17, 15) is 0 Å². The topological polar surface area (TPSA) is 9.23 Å². The summed E-state index contributed by atoms with van der Waals surface area (Å²) < 4.78 is 5.23. The van der Waals surface area contributed by atoms with Gasteiger partial charge >= 0.3 is 0 Å². The molecule has 0 radical (unpaired) electrons. The fraction of sp³-hybridized carbons (Fsp3) is 0.333. The van der Waals surface area contributed by atoms with E-state index in [1.54, 1.807) is 7.11 Å². The van der Waals surface area contributed by atoms with Gasteiger partial charge in [-0.15, -0.1) is 0 Å². The van der Waals surface area contributed by atoms with Gasteiger partial charge in [-0.2, -0.15) is 0 Å². The standard InChI is InChI=1S/C9H10Br2O/c1-12-9-4-2-3-7(5-10)8(9)6-11/h2-4H,5-6H2,1H3. The first-order valence-electron chi connectivity index (χ1n) is 3.60. The first-order chi connectivity index (χ1) is 5.83. The number of hydrogen-bond acceptors (Lipinski definition) is 1. The summed E-state index contributed by atoms with van der Waals surface area (Å²) in [5, 5.41) is 1.70. The Balaban J connectivity index is 3.13. The molecule has 0 fully saturated rings. The molecule has 0 aromatic heterocycles. The van der Waals surface area contributed by atoms with Crippen LogP contribution in [0.5, 0.6) is 5.75 Å². The molecule has 0 bridgehead atoms. The largest absolute Gasteiger partial charge is 0.496 e. The Morgan fingerprint density at radius 2 is 2.00 bits per heavy atom. The molecule has 1 nitrogen and oxygen atoms in total. The van der Waals surface area contributed by atoms with Crippen LogP contribution < -0.4 is 4.74 Å². The van der Waals surface area contributed by atoms with Gasteiger partial charge in [-0.1, -0.05) is 44.0 Å². The first-order valence-corrected chi connectivity index (χ1v) is 5.84. The average Bonchev–Trinajstić information content (AvgIpc) is 2.16. The van der Waals surface area contributed by atoms with Crippen molar-refractivity contribution in [1.29, 1.82) is 0 Å². The highest BCUT2D eigenvalue weighted by Crippen LogP contribution is 2.25. The number of rotatable bonds is 3. The molecule has 0 saturated heterocycles. The third kappa shape index (κ3) is 2.02. The summed E-state index contributed by atoms with van der Waals surface area (Å²) in [5.41, 5.74) is 2.49. The van der Waals surface area contributed by atoms with Crippen LogP contribution in [0.25, 0.3) is 0 Å².